The van der Waals surface area contributed by atoms with Gasteiger partial charge in [-0.15, -0.1) is 0 Å². The fourth-order valence-electron chi connectivity index (χ4n) is 9.74. The molecule has 7 atom stereocenters. The summed E-state index contributed by atoms with van der Waals surface area (Å²) < 4.78 is 60.4. The number of esters is 1. The molecule has 420 valence electrons. The number of nitrogens with zero attached hydrogens (tertiary/aromatic N) is 3. The number of cyclic esters (lactones) is 1. The molecule has 2 aromatic rings. The second-order valence-corrected chi connectivity index (χ2v) is 19.6. The van der Waals surface area contributed by atoms with Gasteiger partial charge >= 0.3 is 5.97 Å². The highest BCUT2D eigenvalue weighted by atomic mass is 19.1. The summed E-state index contributed by atoms with van der Waals surface area (Å²) in [5.41, 5.74) is 0.357. The van der Waals surface area contributed by atoms with Crippen molar-refractivity contribution in [2.75, 3.05) is 33.3 Å². The van der Waals surface area contributed by atoms with Crippen molar-refractivity contribution >= 4 is 53.2 Å². The van der Waals surface area contributed by atoms with E-state index < -0.39 is 125 Å². The van der Waals surface area contributed by atoms with Crippen LogP contribution in [0.15, 0.2) is 60.7 Å². The van der Waals surface area contributed by atoms with E-state index in [4.69, 9.17) is 4.74 Å². The van der Waals surface area contributed by atoms with Crippen LogP contribution in [0.2, 0.25) is 0 Å². The smallest absolute Gasteiger partial charge is 0.328 e. The maximum absolute atomic E-state index is 14.4. The number of benzene rings is 2. The van der Waals surface area contributed by atoms with Gasteiger partial charge in [-0.3, -0.25) is 38.4 Å². The van der Waals surface area contributed by atoms with Gasteiger partial charge in [0.1, 0.15) is 72.2 Å². The van der Waals surface area contributed by atoms with Crippen molar-refractivity contribution in [3.8, 4) is 0 Å². The van der Waals surface area contributed by atoms with Gasteiger partial charge < -0.3 is 46.0 Å². The van der Waals surface area contributed by atoms with Crippen LogP contribution in [0.5, 0.6) is 0 Å². The summed E-state index contributed by atoms with van der Waals surface area (Å²) in [5.74, 6) is -8.59. The predicted octanol–water partition coefficient (Wildman–Crippen LogP) is 4.13. The van der Waals surface area contributed by atoms with Crippen LogP contribution < -0.4 is 26.6 Å². The molecule has 0 saturated carbocycles. The molecule has 4 aliphatic rings. The second-order valence-electron chi connectivity index (χ2n) is 19.6. The van der Waals surface area contributed by atoms with E-state index in [-0.39, 0.29) is 50.9 Å². The predicted molar refractivity (Wildman–Crippen MR) is 275 cm³/mol. The van der Waals surface area contributed by atoms with Crippen LogP contribution in [0, 0.1) is 23.3 Å². The summed E-state index contributed by atoms with van der Waals surface area (Å²) in [6.45, 7) is 5.56. The van der Waals surface area contributed by atoms with Crippen LogP contribution in [0.1, 0.15) is 115 Å². The minimum Gasteiger partial charge on any atom is -0.461 e. The van der Waals surface area contributed by atoms with Crippen LogP contribution in [-0.2, 0) is 60.7 Å². The van der Waals surface area contributed by atoms with E-state index in [1.807, 2.05) is 13.8 Å². The molecular weight excluding hydrogens is 1010 g/mol. The Morgan fingerprint density at radius 1 is 0.636 bits per heavy atom. The summed E-state index contributed by atoms with van der Waals surface area (Å²) in [6, 6.07) is -1.94. The molecule has 8 amide bonds. The van der Waals surface area contributed by atoms with E-state index in [2.05, 4.69) is 26.6 Å². The molecular formula is C55H72F4N8O10. The van der Waals surface area contributed by atoms with Crippen molar-refractivity contribution in [1.82, 2.24) is 41.3 Å². The van der Waals surface area contributed by atoms with Gasteiger partial charge in [-0.25, -0.2) is 22.4 Å². The molecule has 77 heavy (non-hydrogen) atoms. The lowest BCUT2D eigenvalue weighted by Gasteiger charge is -2.39. The minimum absolute atomic E-state index is 0.00287. The van der Waals surface area contributed by atoms with Gasteiger partial charge in [0.25, 0.3) is 0 Å². The third-order valence-electron chi connectivity index (χ3n) is 13.7. The highest BCUT2D eigenvalue weighted by molar-refractivity contribution is 5.98. The Morgan fingerprint density at radius 2 is 1.10 bits per heavy atom. The number of unbranched alkanes of at least 4 members (excludes halogenated alkanes) is 4. The fourth-order valence-corrected chi connectivity index (χ4v) is 9.74. The second kappa shape index (κ2) is 30.0. The first-order valence-corrected chi connectivity index (χ1v) is 26.6. The number of hydrogen-bond donors (Lipinski definition) is 5. The standard InChI is InChI=1S/C38H50F2N6O8.C17H22F2N2O2/c1-3-4-5-6-14-32(47)42-27(20-24-18-25(39)21-26(40)19-24)33(48)43-28-22-54-38(53)31-13-10-17-46(31)35(50)23(2)41-34(49)29-11-7-8-15-44(29)37(52)30-12-9-16-45(30)36(28)51;1-3-4-5-6-7-16(22)21-15(17(23)20-2)10-12-8-13(18)11-14(19)9-12/h6,14,18-19,21,23,27-31H,3-5,7-13,15-17,20,22H2,1-2H3,(H,41,49)(H,42,47)(H,43,48);6-9,11,15H,3-5,10H2,1-2H3,(H,20,23)(H,21,22)/b14-6+;7-6+/t23-,27-,28-,29-,30-,31-;15-/m00/s1. The molecule has 4 saturated heterocycles. The number of carbonyl (C=O) groups is 9. The Hall–Kier alpha value is -7.13. The third kappa shape index (κ3) is 18.0. The maximum atomic E-state index is 14.4. The van der Waals surface area contributed by atoms with Gasteiger partial charge in [0.2, 0.25) is 47.3 Å². The average Bonchev–Trinajstić information content (AvgIpc) is 4.11. The SMILES string of the molecule is CCCC/C=C/C(=O)N[C@@H](Cc1cc(F)cc(F)c1)C(=O)NC.CCCC/C=C/C(=O)N[C@@H](Cc1cc(F)cc(F)c1)C(=O)N[C@H]1COC(=O)[C@@H]2CCCN2C(=O)[C@H](C)NC(=O)[C@@H]2CCCCN2C(=O)[C@@H]2CCCN2C1=O. The van der Waals surface area contributed by atoms with Gasteiger partial charge in [-0.05, 0) is 112 Å². The number of hydrogen-bond acceptors (Lipinski definition) is 10. The number of amides is 8. The van der Waals surface area contributed by atoms with Gasteiger partial charge in [0.15, 0.2) is 0 Å². The van der Waals surface area contributed by atoms with Crippen LogP contribution in [0.3, 0.4) is 0 Å². The Morgan fingerprint density at radius 3 is 1.62 bits per heavy atom. The van der Waals surface area contributed by atoms with E-state index in [9.17, 15) is 60.7 Å². The molecule has 6 rings (SSSR count). The van der Waals surface area contributed by atoms with Crippen molar-refractivity contribution in [3.63, 3.8) is 0 Å². The van der Waals surface area contributed by atoms with E-state index in [0.29, 0.717) is 50.2 Å². The molecule has 0 spiro atoms. The first-order chi connectivity index (χ1) is 36.8. The fraction of sp³-hybridized carbons (Fsp3) is 0.545. The number of carbonyl (C=O) groups excluding carboxylic acids is 9. The number of nitrogens with one attached hydrogen (secondary N) is 5. The van der Waals surface area contributed by atoms with Gasteiger partial charge in [-0.1, -0.05) is 51.7 Å². The third-order valence-corrected chi connectivity index (χ3v) is 13.7. The molecule has 2 aromatic carbocycles. The molecule has 4 aliphatic heterocycles. The van der Waals surface area contributed by atoms with E-state index in [1.165, 1.54) is 40.8 Å². The normalized spacial score (nSPS) is 22.0. The van der Waals surface area contributed by atoms with Crippen molar-refractivity contribution in [2.24, 2.45) is 0 Å². The monoisotopic (exact) mass is 1080 g/mol. The molecule has 0 aliphatic carbocycles. The lowest BCUT2D eigenvalue weighted by atomic mass is 9.99. The summed E-state index contributed by atoms with van der Waals surface area (Å²) in [5, 5.41) is 12.9. The average molecular weight is 1080 g/mol. The van der Waals surface area contributed by atoms with Gasteiger partial charge in [0.05, 0.1) is 0 Å². The molecule has 0 radical (unpaired) electrons. The zero-order valence-electron chi connectivity index (χ0n) is 44.2. The quantitative estimate of drug-likeness (QED) is 0.0658. The summed E-state index contributed by atoms with van der Waals surface area (Å²) in [7, 11) is 1.44. The Bertz CT molecular complexity index is 2470. The van der Waals surface area contributed by atoms with Crippen molar-refractivity contribution < 1.29 is 65.4 Å². The molecule has 4 fully saturated rings. The Labute approximate surface area is 446 Å². The number of halogens is 4. The van der Waals surface area contributed by atoms with Crippen molar-refractivity contribution in [1.29, 1.82) is 0 Å². The van der Waals surface area contributed by atoms with E-state index in [0.717, 1.165) is 62.4 Å². The van der Waals surface area contributed by atoms with Gasteiger partial charge in [-0.2, -0.15) is 0 Å². The highest BCUT2D eigenvalue weighted by Gasteiger charge is 2.45. The number of likely N-dealkylation sites (N-methyl/N-ethyl adjacent to an activating group) is 1. The highest BCUT2D eigenvalue weighted by Crippen LogP contribution is 2.27. The molecule has 4 heterocycles. The lowest BCUT2D eigenvalue weighted by molar-refractivity contribution is -0.158. The largest absolute Gasteiger partial charge is 0.461 e. The first-order valence-electron chi connectivity index (χ1n) is 26.6. The zero-order chi connectivity index (χ0) is 56.2. The van der Waals surface area contributed by atoms with Crippen LogP contribution >= 0.6 is 0 Å². The molecule has 0 bridgehead atoms. The Kier molecular flexibility index (Phi) is 23.6. The molecule has 22 heteroatoms. The summed E-state index contributed by atoms with van der Waals surface area (Å²) in [6.07, 6.45) is 14.0. The Balaban J connectivity index is 0.000000398. The van der Waals surface area contributed by atoms with Crippen LogP contribution in [0.25, 0.3) is 0 Å². The van der Waals surface area contributed by atoms with Crippen molar-refractivity contribution in [3.05, 3.63) is 95.1 Å². The molecule has 5 N–H and O–H groups in total. The molecule has 0 unspecified atom stereocenters. The zero-order valence-corrected chi connectivity index (χ0v) is 44.2. The van der Waals surface area contributed by atoms with E-state index in [1.54, 1.807) is 12.2 Å². The number of piperidine rings is 1. The number of allylic oxidation sites excluding steroid dienone is 2. The van der Waals surface area contributed by atoms with Gasteiger partial charge in [0, 0.05) is 51.7 Å². The molecule has 0 aromatic heterocycles. The number of rotatable bonds is 17. The van der Waals surface area contributed by atoms with Crippen LogP contribution in [-0.4, -0.2) is 144 Å². The topological polar surface area (TPSA) is 233 Å². The lowest BCUT2D eigenvalue weighted by Crippen LogP contribution is -2.62. The number of ether oxygens (including phenoxy) is 1. The number of fused-ring (bicyclic) bond motifs is 3. The van der Waals surface area contributed by atoms with Crippen LogP contribution in [0.4, 0.5) is 17.6 Å². The summed E-state index contributed by atoms with van der Waals surface area (Å²) >= 11 is 0. The summed E-state index contributed by atoms with van der Waals surface area (Å²) in [4.78, 5) is 124. The van der Waals surface area contributed by atoms with Crippen molar-refractivity contribution in [2.45, 2.75) is 159 Å². The van der Waals surface area contributed by atoms with E-state index >= 15 is 0 Å². The molecule has 18 nitrogen and oxygen atoms in total. The first kappa shape index (κ1) is 60.7. The minimum atomic E-state index is -1.54. The maximum Gasteiger partial charge on any atom is 0.328 e.